The summed E-state index contributed by atoms with van der Waals surface area (Å²) in [6, 6.07) is 10.1. The van der Waals surface area contributed by atoms with Gasteiger partial charge in [0.2, 0.25) is 0 Å². The molecule has 0 bridgehead atoms. The van der Waals surface area contributed by atoms with Crippen LogP contribution in [0.5, 0.6) is 0 Å². The Hall–Kier alpha value is -3.82. The second-order valence-corrected chi connectivity index (χ2v) is 8.63. The molecule has 1 aromatic carbocycles. The Kier molecular flexibility index (Phi) is 6.32. The third-order valence-corrected chi connectivity index (χ3v) is 5.78. The standard InChI is InChI=1S/C25H27N5O4/c1-13(2)30-22-20(12-27-30)18(10-21(29-22)16-5-7-17(8-6-16)25(33)34)23(31)26-11-19-14(3)9-15(4)28-24(19)32/h5-10,12-13,23,26,31H,11H2,1-4H3,(H,28,32)(H,33,34). The van der Waals surface area contributed by atoms with E-state index in [0.717, 1.165) is 11.3 Å². The number of rotatable bonds is 7. The molecule has 9 heteroatoms. The lowest BCUT2D eigenvalue weighted by Crippen LogP contribution is -2.26. The highest BCUT2D eigenvalue weighted by atomic mass is 16.4. The summed E-state index contributed by atoms with van der Waals surface area (Å²) in [4.78, 5) is 31.1. The van der Waals surface area contributed by atoms with Crippen molar-refractivity contribution in [1.82, 2.24) is 25.1 Å². The van der Waals surface area contributed by atoms with Gasteiger partial charge in [-0.25, -0.2) is 14.5 Å². The van der Waals surface area contributed by atoms with Crippen LogP contribution in [0.4, 0.5) is 0 Å². The van der Waals surface area contributed by atoms with E-state index in [1.807, 2.05) is 33.8 Å². The Balaban J connectivity index is 1.75. The van der Waals surface area contributed by atoms with E-state index in [1.165, 1.54) is 12.1 Å². The van der Waals surface area contributed by atoms with Crippen LogP contribution in [0.15, 0.2) is 47.4 Å². The maximum atomic E-state index is 12.4. The summed E-state index contributed by atoms with van der Waals surface area (Å²) in [5, 5.41) is 28.5. The van der Waals surface area contributed by atoms with Gasteiger partial charge in [0.15, 0.2) is 5.65 Å². The van der Waals surface area contributed by atoms with E-state index in [-0.39, 0.29) is 23.7 Å². The molecule has 1 unspecified atom stereocenters. The number of carbonyl (C=O) groups is 1. The third kappa shape index (κ3) is 4.48. The van der Waals surface area contributed by atoms with Crippen molar-refractivity contribution in [3.63, 3.8) is 0 Å². The van der Waals surface area contributed by atoms with Crippen LogP contribution in [0.1, 0.15) is 58.9 Å². The fourth-order valence-electron chi connectivity index (χ4n) is 3.99. The molecule has 0 spiro atoms. The van der Waals surface area contributed by atoms with Gasteiger partial charge in [-0.3, -0.25) is 10.1 Å². The van der Waals surface area contributed by atoms with E-state index in [4.69, 9.17) is 4.98 Å². The van der Waals surface area contributed by atoms with E-state index in [2.05, 4.69) is 15.4 Å². The van der Waals surface area contributed by atoms with Crippen LogP contribution in [0.3, 0.4) is 0 Å². The summed E-state index contributed by atoms with van der Waals surface area (Å²) in [5.41, 5.74) is 4.62. The number of nitrogens with zero attached hydrogens (tertiary/aromatic N) is 3. The van der Waals surface area contributed by atoms with Crippen molar-refractivity contribution < 1.29 is 15.0 Å². The predicted molar refractivity (Wildman–Crippen MR) is 129 cm³/mol. The zero-order chi connectivity index (χ0) is 24.6. The number of hydrogen-bond acceptors (Lipinski definition) is 6. The molecule has 9 nitrogen and oxygen atoms in total. The number of aryl methyl sites for hydroxylation is 2. The van der Waals surface area contributed by atoms with Crippen LogP contribution < -0.4 is 10.9 Å². The third-order valence-electron chi connectivity index (χ3n) is 5.78. The first-order valence-electron chi connectivity index (χ1n) is 11.0. The van der Waals surface area contributed by atoms with Gasteiger partial charge in [0.1, 0.15) is 6.23 Å². The number of aromatic nitrogens is 4. The highest BCUT2D eigenvalue weighted by Crippen LogP contribution is 2.29. The molecule has 0 amide bonds. The van der Waals surface area contributed by atoms with E-state index >= 15 is 0 Å². The van der Waals surface area contributed by atoms with Crippen molar-refractivity contribution in [2.75, 3.05) is 0 Å². The lowest BCUT2D eigenvalue weighted by Gasteiger charge is -2.17. The molecule has 34 heavy (non-hydrogen) atoms. The SMILES string of the molecule is Cc1cc(C)c(CNC(O)c2cc(-c3ccc(C(=O)O)cc3)nc3c2cnn3C(C)C)c(=O)[nH]1. The zero-order valence-corrected chi connectivity index (χ0v) is 19.5. The monoisotopic (exact) mass is 461 g/mol. The maximum Gasteiger partial charge on any atom is 0.335 e. The van der Waals surface area contributed by atoms with Crippen LogP contribution in [0.2, 0.25) is 0 Å². The Morgan fingerprint density at radius 1 is 1.18 bits per heavy atom. The number of carboxylic acid groups (broad SMARTS) is 1. The normalized spacial score (nSPS) is 12.4. The number of aromatic carboxylic acids is 1. The van der Waals surface area contributed by atoms with E-state index in [0.29, 0.717) is 33.4 Å². The minimum atomic E-state index is -1.09. The minimum Gasteiger partial charge on any atom is -0.478 e. The first-order valence-corrected chi connectivity index (χ1v) is 11.0. The van der Waals surface area contributed by atoms with Gasteiger partial charge in [0.25, 0.3) is 5.56 Å². The van der Waals surface area contributed by atoms with Gasteiger partial charge in [-0.05, 0) is 57.5 Å². The molecule has 0 aliphatic rings. The van der Waals surface area contributed by atoms with E-state index in [1.54, 1.807) is 29.1 Å². The number of aliphatic hydroxyl groups excluding tert-OH is 1. The minimum absolute atomic E-state index is 0.0429. The highest BCUT2D eigenvalue weighted by Gasteiger charge is 2.19. The van der Waals surface area contributed by atoms with Crippen molar-refractivity contribution in [3.8, 4) is 11.3 Å². The van der Waals surface area contributed by atoms with Crippen molar-refractivity contribution in [2.24, 2.45) is 0 Å². The predicted octanol–water partition coefficient (Wildman–Crippen LogP) is 3.46. The Bertz CT molecular complexity index is 1420. The number of aliphatic hydroxyl groups is 1. The molecule has 1 atom stereocenters. The van der Waals surface area contributed by atoms with Gasteiger partial charge in [0, 0.05) is 40.4 Å². The molecule has 0 radical (unpaired) electrons. The summed E-state index contributed by atoms with van der Waals surface area (Å²) >= 11 is 0. The van der Waals surface area contributed by atoms with Crippen LogP contribution >= 0.6 is 0 Å². The summed E-state index contributed by atoms with van der Waals surface area (Å²) in [7, 11) is 0. The molecule has 0 aliphatic carbocycles. The topological polar surface area (TPSA) is 133 Å². The Labute approximate surface area is 196 Å². The fraction of sp³-hybridized carbons (Fsp3) is 0.280. The number of fused-ring (bicyclic) bond motifs is 1. The van der Waals surface area contributed by atoms with Crippen LogP contribution in [0.25, 0.3) is 22.3 Å². The Morgan fingerprint density at radius 2 is 1.88 bits per heavy atom. The molecule has 0 saturated carbocycles. The average molecular weight is 462 g/mol. The largest absolute Gasteiger partial charge is 0.478 e. The summed E-state index contributed by atoms with van der Waals surface area (Å²) in [5.74, 6) is -1.01. The first kappa shape index (κ1) is 23.3. The quantitative estimate of drug-likeness (QED) is 0.310. The molecular formula is C25H27N5O4. The molecule has 0 fully saturated rings. The van der Waals surface area contributed by atoms with Crippen LogP contribution in [-0.2, 0) is 6.54 Å². The lowest BCUT2D eigenvalue weighted by atomic mass is 10.0. The molecule has 3 aromatic heterocycles. The maximum absolute atomic E-state index is 12.4. The molecule has 3 heterocycles. The van der Waals surface area contributed by atoms with Gasteiger partial charge in [-0.2, -0.15) is 5.10 Å². The van der Waals surface area contributed by atoms with Crippen molar-refractivity contribution in [3.05, 3.63) is 80.9 Å². The zero-order valence-electron chi connectivity index (χ0n) is 19.5. The molecule has 176 valence electrons. The number of aromatic amines is 1. The second-order valence-electron chi connectivity index (χ2n) is 8.63. The molecule has 0 aliphatic heterocycles. The smallest absolute Gasteiger partial charge is 0.335 e. The number of H-pyrrole nitrogens is 1. The molecule has 0 saturated heterocycles. The highest BCUT2D eigenvalue weighted by molar-refractivity contribution is 5.88. The summed E-state index contributed by atoms with van der Waals surface area (Å²) < 4.78 is 1.77. The number of carboxylic acids is 1. The lowest BCUT2D eigenvalue weighted by molar-refractivity contribution is 0.0697. The molecule has 4 N–H and O–H groups in total. The van der Waals surface area contributed by atoms with Crippen molar-refractivity contribution in [2.45, 2.75) is 46.5 Å². The van der Waals surface area contributed by atoms with Crippen LogP contribution in [0, 0.1) is 13.8 Å². The molecule has 4 aromatic rings. The van der Waals surface area contributed by atoms with Crippen LogP contribution in [-0.4, -0.2) is 35.9 Å². The number of pyridine rings is 2. The van der Waals surface area contributed by atoms with Crippen molar-refractivity contribution in [1.29, 1.82) is 0 Å². The van der Waals surface area contributed by atoms with Crippen molar-refractivity contribution >= 4 is 17.0 Å². The summed E-state index contributed by atoms with van der Waals surface area (Å²) in [6.45, 7) is 7.84. The van der Waals surface area contributed by atoms with Gasteiger partial charge in [0.05, 0.1) is 17.5 Å². The van der Waals surface area contributed by atoms with Gasteiger partial charge >= 0.3 is 5.97 Å². The van der Waals surface area contributed by atoms with Gasteiger partial charge < -0.3 is 15.2 Å². The van der Waals surface area contributed by atoms with E-state index < -0.39 is 12.2 Å². The number of hydrogen-bond donors (Lipinski definition) is 4. The molecular weight excluding hydrogens is 434 g/mol. The first-order chi connectivity index (χ1) is 16.2. The molecule has 4 rings (SSSR count). The number of benzene rings is 1. The Morgan fingerprint density at radius 3 is 2.50 bits per heavy atom. The number of nitrogens with one attached hydrogen (secondary N) is 2. The average Bonchev–Trinajstić information content (AvgIpc) is 3.22. The summed E-state index contributed by atoms with van der Waals surface area (Å²) in [6.07, 6.45) is 0.580. The second kappa shape index (κ2) is 9.20. The van der Waals surface area contributed by atoms with Gasteiger partial charge in [-0.15, -0.1) is 0 Å². The van der Waals surface area contributed by atoms with Gasteiger partial charge in [-0.1, -0.05) is 12.1 Å². The van der Waals surface area contributed by atoms with E-state index in [9.17, 15) is 19.8 Å². The fourth-order valence-corrected chi connectivity index (χ4v) is 3.99.